The van der Waals surface area contributed by atoms with Crippen molar-refractivity contribution in [1.29, 1.82) is 5.26 Å². The summed E-state index contributed by atoms with van der Waals surface area (Å²) in [6, 6.07) is 19.8. The van der Waals surface area contributed by atoms with Gasteiger partial charge >= 0.3 is 0 Å². The highest BCUT2D eigenvalue weighted by Crippen LogP contribution is 2.31. The summed E-state index contributed by atoms with van der Waals surface area (Å²) >= 11 is 0. The summed E-state index contributed by atoms with van der Waals surface area (Å²) in [7, 11) is 0. The van der Waals surface area contributed by atoms with Crippen molar-refractivity contribution in [3.05, 3.63) is 65.9 Å². The molecular weight excluding hydrogens is 398 g/mol. The predicted molar refractivity (Wildman–Crippen MR) is 126 cm³/mol. The molecule has 32 heavy (non-hydrogen) atoms. The first-order valence-corrected chi connectivity index (χ1v) is 11.3. The highest BCUT2D eigenvalue weighted by Gasteiger charge is 2.31. The molecule has 1 amide bonds. The molecule has 6 nitrogen and oxygen atoms in total. The van der Waals surface area contributed by atoms with Crippen LogP contribution < -0.4 is 10.2 Å². The average Bonchev–Trinajstić information content (AvgIpc) is 2.79. The van der Waals surface area contributed by atoms with Crippen LogP contribution in [0.25, 0.3) is 11.0 Å². The first-order chi connectivity index (χ1) is 15.5. The number of carbonyl (C=O) groups excluding carboxylic acids is 1. The van der Waals surface area contributed by atoms with Gasteiger partial charge in [-0.1, -0.05) is 56.3 Å². The van der Waals surface area contributed by atoms with Gasteiger partial charge in [-0.3, -0.25) is 4.79 Å². The molecule has 1 saturated heterocycles. The smallest absolute Gasteiger partial charge is 0.243 e. The number of hydrogen-bond acceptors (Lipinski definition) is 5. The molecule has 3 aromatic rings. The summed E-state index contributed by atoms with van der Waals surface area (Å²) < 4.78 is 0. The Hall–Kier alpha value is -3.46. The Bertz CT molecular complexity index is 1110. The fraction of sp³-hybridized carbons (Fsp3) is 0.385. The van der Waals surface area contributed by atoms with Crippen molar-refractivity contribution in [3.63, 3.8) is 0 Å². The van der Waals surface area contributed by atoms with E-state index in [2.05, 4.69) is 30.1 Å². The zero-order valence-corrected chi connectivity index (χ0v) is 18.7. The summed E-state index contributed by atoms with van der Waals surface area (Å²) in [5, 5.41) is 12.9. The molecule has 4 rings (SSSR count). The van der Waals surface area contributed by atoms with Crippen molar-refractivity contribution in [1.82, 2.24) is 15.3 Å². The highest BCUT2D eigenvalue weighted by molar-refractivity contribution is 5.88. The van der Waals surface area contributed by atoms with E-state index in [0.29, 0.717) is 41.8 Å². The summed E-state index contributed by atoms with van der Waals surface area (Å²) in [6.07, 6.45) is 1.87. The zero-order chi connectivity index (χ0) is 22.5. The zero-order valence-electron chi connectivity index (χ0n) is 18.7. The number of piperidine rings is 1. The van der Waals surface area contributed by atoms with E-state index in [1.54, 1.807) is 0 Å². The van der Waals surface area contributed by atoms with Gasteiger partial charge in [0.25, 0.3) is 0 Å². The lowest BCUT2D eigenvalue weighted by atomic mass is 9.91. The van der Waals surface area contributed by atoms with Gasteiger partial charge in [-0.2, -0.15) is 5.26 Å². The van der Waals surface area contributed by atoms with Crippen molar-refractivity contribution in [3.8, 4) is 6.07 Å². The molecule has 0 unspecified atom stereocenters. The second kappa shape index (κ2) is 9.78. The fourth-order valence-corrected chi connectivity index (χ4v) is 4.59. The summed E-state index contributed by atoms with van der Waals surface area (Å²) in [4.78, 5) is 24.9. The van der Waals surface area contributed by atoms with Crippen LogP contribution in [0, 0.1) is 23.2 Å². The number of nitrogens with one attached hydrogen (secondary N) is 1. The number of rotatable bonds is 6. The van der Waals surface area contributed by atoms with Gasteiger partial charge in [0.2, 0.25) is 5.91 Å². The molecule has 1 N–H and O–H groups in total. The number of nitriles is 1. The van der Waals surface area contributed by atoms with Crippen LogP contribution in [0.1, 0.15) is 37.4 Å². The van der Waals surface area contributed by atoms with E-state index in [0.717, 1.165) is 30.6 Å². The number of nitrogens with zero attached hydrogens (tertiary/aromatic N) is 4. The lowest BCUT2D eigenvalue weighted by Crippen LogP contribution is -2.40. The van der Waals surface area contributed by atoms with Crippen molar-refractivity contribution in [2.75, 3.05) is 24.5 Å². The Morgan fingerprint density at radius 2 is 1.69 bits per heavy atom. The van der Waals surface area contributed by atoms with E-state index in [1.165, 1.54) is 0 Å². The molecule has 3 atom stereocenters. The van der Waals surface area contributed by atoms with Crippen molar-refractivity contribution in [2.45, 2.75) is 32.6 Å². The van der Waals surface area contributed by atoms with Gasteiger partial charge in [-0.05, 0) is 42.4 Å². The molecule has 0 aliphatic carbocycles. The first kappa shape index (κ1) is 21.8. The number of benzene rings is 2. The van der Waals surface area contributed by atoms with Gasteiger partial charge in [-0.25, -0.2) is 9.97 Å². The van der Waals surface area contributed by atoms with Crippen LogP contribution in [-0.2, 0) is 11.2 Å². The number of fused-ring (bicyclic) bond motifs is 1. The number of aromatic nitrogens is 2. The maximum absolute atomic E-state index is 13.0. The van der Waals surface area contributed by atoms with Crippen LogP contribution >= 0.6 is 0 Å². The Labute approximate surface area is 189 Å². The van der Waals surface area contributed by atoms with E-state index >= 15 is 0 Å². The van der Waals surface area contributed by atoms with E-state index < -0.39 is 5.92 Å². The lowest BCUT2D eigenvalue weighted by Gasteiger charge is -2.36. The third-order valence-electron chi connectivity index (χ3n) is 5.97. The van der Waals surface area contributed by atoms with Crippen molar-refractivity contribution in [2.24, 2.45) is 11.8 Å². The molecule has 2 heterocycles. The molecule has 1 aliphatic rings. The number of para-hydroxylation sites is 2. The summed E-state index contributed by atoms with van der Waals surface area (Å²) in [5.74, 6) is 0.352. The number of anilines is 1. The predicted octanol–water partition coefficient (Wildman–Crippen LogP) is 4.08. The van der Waals surface area contributed by atoms with Gasteiger partial charge in [-0.15, -0.1) is 0 Å². The van der Waals surface area contributed by atoms with Gasteiger partial charge < -0.3 is 10.2 Å². The fourth-order valence-electron chi connectivity index (χ4n) is 4.59. The molecule has 1 aliphatic heterocycles. The minimum Gasteiger partial charge on any atom is -0.355 e. The molecule has 164 valence electrons. The van der Waals surface area contributed by atoms with Gasteiger partial charge in [0.05, 0.1) is 17.1 Å². The van der Waals surface area contributed by atoms with Gasteiger partial charge in [0.1, 0.15) is 5.69 Å². The minimum atomic E-state index is -1.01. The maximum Gasteiger partial charge on any atom is 0.243 e. The van der Waals surface area contributed by atoms with Gasteiger partial charge in [0, 0.05) is 19.6 Å². The molecule has 1 fully saturated rings. The Balaban J connectivity index is 1.62. The summed E-state index contributed by atoms with van der Waals surface area (Å²) in [6.45, 7) is 6.62. The average molecular weight is 428 g/mol. The normalized spacial score (nSPS) is 19.3. The van der Waals surface area contributed by atoms with Crippen LogP contribution in [0.4, 0.5) is 5.82 Å². The lowest BCUT2D eigenvalue weighted by molar-refractivity contribution is -0.121. The Morgan fingerprint density at radius 1 is 1.06 bits per heavy atom. The van der Waals surface area contributed by atoms with Crippen LogP contribution in [0.3, 0.4) is 0 Å². The molecule has 1 aromatic heterocycles. The molecule has 0 bridgehead atoms. The quantitative estimate of drug-likeness (QED) is 0.641. The second-order valence-electron chi connectivity index (χ2n) is 8.86. The molecule has 0 spiro atoms. The third-order valence-corrected chi connectivity index (χ3v) is 5.97. The second-order valence-corrected chi connectivity index (χ2v) is 8.86. The maximum atomic E-state index is 13.0. The number of amides is 1. The van der Waals surface area contributed by atoms with E-state index in [-0.39, 0.29) is 5.91 Å². The van der Waals surface area contributed by atoms with Crippen LogP contribution in [0.2, 0.25) is 0 Å². The van der Waals surface area contributed by atoms with Crippen molar-refractivity contribution >= 4 is 22.8 Å². The van der Waals surface area contributed by atoms with Crippen LogP contribution in [0.15, 0.2) is 54.6 Å². The van der Waals surface area contributed by atoms with Crippen molar-refractivity contribution < 1.29 is 4.79 Å². The standard InChI is InChI=1S/C26H29N5O/c1-18-14-19(2)17-31(16-18)25-24(29-22-10-6-7-11-23(22)30-25)21(15-27)26(32)28-13-12-20-8-4-3-5-9-20/h3-11,18-19,21H,12-14,16-17H2,1-2H3,(H,28,32)/t18-,19-,21+/m0/s1. The largest absolute Gasteiger partial charge is 0.355 e. The molecule has 0 saturated carbocycles. The molecule has 0 radical (unpaired) electrons. The third kappa shape index (κ3) is 4.88. The molecule has 2 aromatic carbocycles. The highest BCUT2D eigenvalue weighted by atomic mass is 16.1. The number of hydrogen-bond donors (Lipinski definition) is 1. The first-order valence-electron chi connectivity index (χ1n) is 11.3. The van der Waals surface area contributed by atoms with Crippen LogP contribution in [0.5, 0.6) is 0 Å². The van der Waals surface area contributed by atoms with E-state index in [4.69, 9.17) is 9.97 Å². The molecule has 6 heteroatoms. The summed E-state index contributed by atoms with van der Waals surface area (Å²) in [5.41, 5.74) is 3.06. The van der Waals surface area contributed by atoms with E-state index in [9.17, 15) is 10.1 Å². The van der Waals surface area contributed by atoms with Gasteiger partial charge in [0.15, 0.2) is 11.7 Å². The van der Waals surface area contributed by atoms with E-state index in [1.807, 2.05) is 54.6 Å². The SMILES string of the molecule is C[C@H]1C[C@H](C)CN(c2nc3ccccc3nc2[C@@H](C#N)C(=O)NCCc2ccccc2)C1. The Morgan fingerprint density at radius 3 is 2.34 bits per heavy atom. The number of carbonyl (C=O) groups is 1. The Kier molecular flexibility index (Phi) is 6.65. The minimum absolute atomic E-state index is 0.327. The topological polar surface area (TPSA) is 81.9 Å². The monoisotopic (exact) mass is 427 g/mol. The molecular formula is C26H29N5O. The van der Waals surface area contributed by atoms with Crippen LogP contribution in [-0.4, -0.2) is 35.5 Å².